The Morgan fingerprint density at radius 3 is 2.24 bits per heavy atom. The molecule has 0 bridgehead atoms. The molecule has 1 aromatic rings. The zero-order valence-corrected chi connectivity index (χ0v) is 18.1. The average molecular weight is 370 g/mol. The molecule has 3 heteroatoms. The van der Waals surface area contributed by atoms with Gasteiger partial charge in [0.2, 0.25) is 0 Å². The Morgan fingerprint density at radius 2 is 1.68 bits per heavy atom. The van der Waals surface area contributed by atoms with E-state index < -0.39 is 0 Å². The summed E-state index contributed by atoms with van der Waals surface area (Å²) >= 11 is 4.64. The molecule has 0 radical (unpaired) electrons. The highest BCUT2D eigenvalue weighted by molar-refractivity contribution is 6.15. The fourth-order valence-corrected chi connectivity index (χ4v) is 3.07. The maximum Gasteiger partial charge on any atom is 0.152 e. The van der Waals surface area contributed by atoms with Crippen LogP contribution in [0.4, 0.5) is 0 Å². The van der Waals surface area contributed by atoms with Crippen LogP contribution in [0.25, 0.3) is 0 Å². The van der Waals surface area contributed by atoms with E-state index in [0.717, 1.165) is 24.1 Å². The summed E-state index contributed by atoms with van der Waals surface area (Å²) in [6.07, 6.45) is 11.4. The highest BCUT2D eigenvalue weighted by atomic mass is 35.5. The van der Waals surface area contributed by atoms with Crippen molar-refractivity contribution in [2.75, 3.05) is 6.38 Å². The van der Waals surface area contributed by atoms with Crippen molar-refractivity contribution in [3.63, 3.8) is 0 Å². The number of hydrogen-bond acceptors (Lipinski definition) is 2. The van der Waals surface area contributed by atoms with Crippen molar-refractivity contribution < 1.29 is 4.84 Å². The molecule has 0 amide bonds. The second kappa shape index (κ2) is 15.5. The molecule has 0 spiro atoms. The van der Waals surface area contributed by atoms with E-state index in [1.54, 1.807) is 0 Å². The van der Waals surface area contributed by atoms with Crippen molar-refractivity contribution in [3.05, 3.63) is 29.3 Å². The smallest absolute Gasteiger partial charge is 0.152 e. The van der Waals surface area contributed by atoms with Gasteiger partial charge in [-0.2, -0.15) is 5.48 Å². The van der Waals surface area contributed by atoms with Gasteiger partial charge in [0.05, 0.1) is 6.54 Å². The predicted molar refractivity (Wildman–Crippen MR) is 112 cm³/mol. The van der Waals surface area contributed by atoms with E-state index in [1.165, 1.54) is 62.5 Å². The molecule has 1 aliphatic rings. The summed E-state index contributed by atoms with van der Waals surface area (Å²) in [5, 5.41) is 0. The normalized spacial score (nSPS) is 13.1. The standard InChI is InChI=1S/C13H28.C8H9NO.CH3Cl/c1-5-8-13(9-6-2)11-10-12(4)7-3;1-6-2-3-7-5-9-10-8(7)4-6;1-2/h12-13H,5-11H2,1-4H3;2-4,9H,5H2,1H3;1H3. The van der Waals surface area contributed by atoms with E-state index in [4.69, 9.17) is 4.84 Å². The minimum Gasteiger partial charge on any atom is -0.408 e. The molecule has 146 valence electrons. The number of fused-ring (bicyclic) bond motifs is 1. The number of benzene rings is 1. The zero-order chi connectivity index (χ0) is 19.1. The van der Waals surface area contributed by atoms with E-state index in [2.05, 4.69) is 63.8 Å². The number of nitrogens with one attached hydrogen (secondary N) is 1. The van der Waals surface area contributed by atoms with Crippen LogP contribution in [0.5, 0.6) is 5.75 Å². The second-order valence-corrected chi connectivity index (χ2v) is 7.07. The first-order valence-corrected chi connectivity index (χ1v) is 10.7. The number of rotatable bonds is 8. The van der Waals surface area contributed by atoms with Crippen molar-refractivity contribution in [1.82, 2.24) is 5.48 Å². The highest BCUT2D eigenvalue weighted by Crippen LogP contribution is 2.23. The highest BCUT2D eigenvalue weighted by Gasteiger charge is 2.10. The molecule has 1 aromatic carbocycles. The topological polar surface area (TPSA) is 21.3 Å². The van der Waals surface area contributed by atoms with E-state index in [9.17, 15) is 0 Å². The molecule has 0 saturated carbocycles. The third-order valence-corrected chi connectivity index (χ3v) is 4.83. The lowest BCUT2D eigenvalue weighted by Gasteiger charge is -2.17. The lowest BCUT2D eigenvalue weighted by Crippen LogP contribution is -2.07. The fourth-order valence-electron chi connectivity index (χ4n) is 3.07. The number of alkyl halides is 1. The molecule has 0 aliphatic carbocycles. The summed E-state index contributed by atoms with van der Waals surface area (Å²) in [6.45, 7) is 12.2. The maximum atomic E-state index is 5.13. The Kier molecular flexibility index (Phi) is 15.1. The van der Waals surface area contributed by atoms with Crippen LogP contribution in [0.2, 0.25) is 0 Å². The fraction of sp³-hybridized carbons (Fsp3) is 0.727. The summed E-state index contributed by atoms with van der Waals surface area (Å²) in [4.78, 5) is 5.13. The quantitative estimate of drug-likeness (QED) is 0.486. The first-order chi connectivity index (χ1) is 12.1. The van der Waals surface area contributed by atoms with E-state index >= 15 is 0 Å². The Balaban J connectivity index is 0.000000426. The third kappa shape index (κ3) is 10.8. The van der Waals surface area contributed by atoms with Crippen LogP contribution < -0.4 is 10.3 Å². The van der Waals surface area contributed by atoms with Gasteiger partial charge >= 0.3 is 0 Å². The zero-order valence-electron chi connectivity index (χ0n) is 17.3. The third-order valence-electron chi connectivity index (χ3n) is 4.83. The summed E-state index contributed by atoms with van der Waals surface area (Å²) in [7, 11) is 0. The largest absolute Gasteiger partial charge is 0.408 e. The molecule has 0 fully saturated rings. The molecule has 0 aromatic heterocycles. The molecule has 1 aliphatic heterocycles. The van der Waals surface area contributed by atoms with Gasteiger partial charge in [-0.15, -0.1) is 11.6 Å². The van der Waals surface area contributed by atoms with E-state index in [-0.39, 0.29) is 0 Å². The summed E-state index contributed by atoms with van der Waals surface area (Å²) < 4.78 is 0. The van der Waals surface area contributed by atoms with Gasteiger partial charge in [-0.3, -0.25) is 0 Å². The van der Waals surface area contributed by atoms with Crippen molar-refractivity contribution >= 4 is 11.6 Å². The van der Waals surface area contributed by atoms with Crippen molar-refractivity contribution in [1.29, 1.82) is 0 Å². The van der Waals surface area contributed by atoms with E-state index in [0.29, 0.717) is 0 Å². The van der Waals surface area contributed by atoms with Gasteiger partial charge in [-0.1, -0.05) is 84.8 Å². The van der Waals surface area contributed by atoms with E-state index in [1.807, 2.05) is 6.07 Å². The van der Waals surface area contributed by atoms with Crippen LogP contribution in [0.1, 0.15) is 83.8 Å². The molecule has 25 heavy (non-hydrogen) atoms. The summed E-state index contributed by atoms with van der Waals surface area (Å²) in [6, 6.07) is 6.22. The Morgan fingerprint density at radius 1 is 1.04 bits per heavy atom. The van der Waals surface area contributed by atoms with Gasteiger partial charge < -0.3 is 4.84 Å². The second-order valence-electron chi connectivity index (χ2n) is 7.07. The molecule has 1 unspecified atom stereocenters. The molecule has 1 heterocycles. The first-order valence-electron chi connectivity index (χ1n) is 9.97. The van der Waals surface area contributed by atoms with Crippen LogP contribution in [0.15, 0.2) is 18.2 Å². The molecule has 2 nitrogen and oxygen atoms in total. The van der Waals surface area contributed by atoms with Crippen LogP contribution >= 0.6 is 11.6 Å². The van der Waals surface area contributed by atoms with Gasteiger partial charge in [0, 0.05) is 11.9 Å². The van der Waals surface area contributed by atoms with Gasteiger partial charge in [0.1, 0.15) is 0 Å². The van der Waals surface area contributed by atoms with Crippen LogP contribution in [-0.4, -0.2) is 6.38 Å². The van der Waals surface area contributed by atoms with Gasteiger partial charge in [-0.05, 0) is 30.4 Å². The number of hydroxylamine groups is 1. The van der Waals surface area contributed by atoms with Gasteiger partial charge in [0.25, 0.3) is 0 Å². The first kappa shape index (κ1) is 24.3. The average Bonchev–Trinajstić information content (AvgIpc) is 3.09. The monoisotopic (exact) mass is 369 g/mol. The minimum absolute atomic E-state index is 0.829. The lowest BCUT2D eigenvalue weighted by atomic mass is 9.89. The van der Waals surface area contributed by atoms with Crippen molar-refractivity contribution in [3.8, 4) is 5.75 Å². The minimum atomic E-state index is 0.829. The van der Waals surface area contributed by atoms with Crippen molar-refractivity contribution in [2.45, 2.75) is 86.1 Å². The molecular weight excluding hydrogens is 330 g/mol. The molecule has 0 saturated heterocycles. The Hall–Kier alpha value is -0.730. The van der Waals surface area contributed by atoms with Gasteiger partial charge in [0.15, 0.2) is 5.75 Å². The molecular formula is C22H40ClNO. The Bertz CT molecular complexity index is 430. The van der Waals surface area contributed by atoms with Crippen molar-refractivity contribution in [2.24, 2.45) is 11.8 Å². The lowest BCUT2D eigenvalue weighted by molar-refractivity contribution is 0.224. The SMILES string of the molecule is CCCC(CCC)CCC(C)CC.CCl.Cc1ccc2c(c1)ONC2. The summed E-state index contributed by atoms with van der Waals surface area (Å²) in [5.74, 6) is 2.93. The summed E-state index contributed by atoms with van der Waals surface area (Å²) in [5.41, 5.74) is 5.29. The number of hydrogen-bond donors (Lipinski definition) is 1. The van der Waals surface area contributed by atoms with Crippen LogP contribution in [0, 0.1) is 18.8 Å². The number of halogens is 1. The number of aryl methyl sites for hydroxylation is 1. The van der Waals surface area contributed by atoms with Gasteiger partial charge in [-0.25, -0.2) is 0 Å². The molecule has 1 atom stereocenters. The maximum absolute atomic E-state index is 5.13. The van der Waals surface area contributed by atoms with Crippen LogP contribution in [0.3, 0.4) is 0 Å². The molecule has 1 N–H and O–H groups in total. The molecule has 2 rings (SSSR count). The van der Waals surface area contributed by atoms with Crippen LogP contribution in [-0.2, 0) is 6.54 Å². The Labute approximate surface area is 161 Å². The predicted octanol–water partition coefficient (Wildman–Crippen LogP) is 7.28.